The maximum absolute atomic E-state index is 12.9. The SMILES string of the molecule is CC/C=C\C/C=C\C/C=C\C/C=C\C/C=C\CCCCCCCCCCCCCCCCCC(=O)OC(COC(=O)CCCCCCCCCCCCCCCCC/C=C\C/C=C\CCCCCCC)COP(=O)([O-])OCC[N+](C)(C)C. The van der Waals surface area contributed by atoms with Crippen LogP contribution in [0.4, 0.5) is 0 Å². The number of likely N-dealkylation sites (N-methyl/N-ethyl adjacent to an activating group) is 1. The van der Waals surface area contributed by atoms with Gasteiger partial charge in [0.25, 0.3) is 7.82 Å². The molecule has 2 atom stereocenters. The zero-order valence-corrected chi connectivity index (χ0v) is 55.1. The van der Waals surface area contributed by atoms with E-state index in [0.717, 1.165) is 77.0 Å². The minimum Gasteiger partial charge on any atom is -0.756 e. The van der Waals surface area contributed by atoms with Crippen molar-refractivity contribution in [2.45, 2.75) is 315 Å². The van der Waals surface area contributed by atoms with Crippen molar-refractivity contribution in [3.8, 4) is 0 Å². The molecule has 0 saturated heterocycles. The molecule has 0 aromatic rings. The second-order valence-electron chi connectivity index (χ2n) is 24.2. The summed E-state index contributed by atoms with van der Waals surface area (Å²) in [5.41, 5.74) is 0. The number of carbonyl (C=O) groups is 2. The molecule has 0 aliphatic heterocycles. The van der Waals surface area contributed by atoms with Crippen molar-refractivity contribution >= 4 is 19.8 Å². The lowest BCUT2D eigenvalue weighted by atomic mass is 10.0. The average molecular weight is 1170 g/mol. The minimum atomic E-state index is -4.64. The van der Waals surface area contributed by atoms with E-state index in [1.165, 1.54) is 199 Å². The summed E-state index contributed by atoms with van der Waals surface area (Å²) in [6.45, 7) is 4.15. The van der Waals surface area contributed by atoms with E-state index in [4.69, 9.17) is 18.5 Å². The Balaban J connectivity index is 4.05. The number of ether oxygens (including phenoxy) is 2. The lowest BCUT2D eigenvalue weighted by Crippen LogP contribution is -2.37. The first kappa shape index (κ1) is 79.2. The van der Waals surface area contributed by atoms with E-state index in [0.29, 0.717) is 17.4 Å². The molecule has 0 N–H and O–H groups in total. The zero-order chi connectivity index (χ0) is 59.8. The van der Waals surface area contributed by atoms with Gasteiger partial charge in [-0.25, -0.2) is 0 Å². The molecule has 0 spiro atoms. The van der Waals surface area contributed by atoms with Crippen LogP contribution in [0, 0.1) is 0 Å². The molecule has 10 heteroatoms. The molecule has 0 rings (SSSR count). The molecule has 0 heterocycles. The summed E-state index contributed by atoms with van der Waals surface area (Å²) in [7, 11) is 1.17. The van der Waals surface area contributed by atoms with Crippen LogP contribution < -0.4 is 4.89 Å². The number of hydrogen-bond donors (Lipinski definition) is 0. The summed E-state index contributed by atoms with van der Waals surface area (Å²) in [5.74, 6) is -0.824. The first-order valence-electron chi connectivity index (χ1n) is 34.3. The lowest BCUT2D eigenvalue weighted by molar-refractivity contribution is -0.870. The summed E-state index contributed by atoms with van der Waals surface area (Å²) < 4.78 is 34.3. The smallest absolute Gasteiger partial charge is 0.306 e. The molecule has 0 aliphatic carbocycles. The lowest BCUT2D eigenvalue weighted by Gasteiger charge is -2.28. The van der Waals surface area contributed by atoms with Crippen molar-refractivity contribution in [3.05, 3.63) is 85.1 Å². The molecule has 0 bridgehead atoms. The fourth-order valence-electron chi connectivity index (χ4n) is 9.66. The van der Waals surface area contributed by atoms with Crippen LogP contribution in [0.3, 0.4) is 0 Å². The molecule has 0 amide bonds. The standard InChI is InChI=1S/C72H130NO8P/c1-6-8-10-12-14-16-18-20-22-24-26-28-30-32-34-35-36-37-39-41-43-45-47-49-51-53-55-57-59-61-63-65-72(75)81-70(69-80-82(76,77)79-67-66-73(3,4)5)68-78-71(74)64-62-60-58-56-54-52-50-48-46-44-42-40-38-33-31-29-27-25-23-21-19-17-15-13-11-9-7-2/h8,10,14,16,19-22,25-28,32,34,70H,6-7,9,11-13,15,17-18,23-24,29-31,33,35-69H2,1-5H3/b10-8-,16-14-,21-19-,22-20-,27-25-,28-26-,34-32-. The number of nitrogens with zero attached hydrogens (tertiary/aromatic N) is 1. The van der Waals surface area contributed by atoms with Gasteiger partial charge in [0, 0.05) is 12.8 Å². The molecule has 0 saturated carbocycles. The van der Waals surface area contributed by atoms with Crippen LogP contribution in [-0.4, -0.2) is 70.0 Å². The Morgan fingerprint density at radius 2 is 0.695 bits per heavy atom. The molecule has 476 valence electrons. The third-order valence-corrected chi connectivity index (χ3v) is 15.9. The molecule has 0 aliphatic rings. The monoisotopic (exact) mass is 1170 g/mol. The van der Waals surface area contributed by atoms with Crippen molar-refractivity contribution in [3.63, 3.8) is 0 Å². The van der Waals surface area contributed by atoms with Gasteiger partial charge in [0.1, 0.15) is 19.8 Å². The Morgan fingerprint density at radius 3 is 1.04 bits per heavy atom. The number of quaternary nitrogens is 1. The zero-order valence-electron chi connectivity index (χ0n) is 54.2. The molecule has 0 aromatic heterocycles. The maximum Gasteiger partial charge on any atom is 0.306 e. The van der Waals surface area contributed by atoms with Crippen molar-refractivity contribution in [1.29, 1.82) is 0 Å². The van der Waals surface area contributed by atoms with E-state index in [-0.39, 0.29) is 32.0 Å². The highest BCUT2D eigenvalue weighted by Gasteiger charge is 2.22. The highest BCUT2D eigenvalue weighted by molar-refractivity contribution is 7.45. The normalized spacial score (nSPS) is 13.7. The van der Waals surface area contributed by atoms with Gasteiger partial charge in [-0.15, -0.1) is 0 Å². The second-order valence-corrected chi connectivity index (χ2v) is 25.6. The van der Waals surface area contributed by atoms with E-state index >= 15 is 0 Å². The second kappa shape index (κ2) is 62.7. The van der Waals surface area contributed by atoms with Gasteiger partial charge in [-0.1, -0.05) is 292 Å². The fourth-order valence-corrected chi connectivity index (χ4v) is 10.4. The number of unbranched alkanes of at least 4 members (excludes halogenated alkanes) is 35. The van der Waals surface area contributed by atoms with E-state index in [1.807, 2.05) is 21.1 Å². The molecule has 0 radical (unpaired) electrons. The summed E-state index contributed by atoms with van der Waals surface area (Å²) in [6, 6.07) is 0. The van der Waals surface area contributed by atoms with Gasteiger partial charge in [0.2, 0.25) is 0 Å². The molecule has 0 fully saturated rings. The van der Waals surface area contributed by atoms with Crippen molar-refractivity contribution in [1.82, 2.24) is 0 Å². The van der Waals surface area contributed by atoms with Gasteiger partial charge >= 0.3 is 11.9 Å². The van der Waals surface area contributed by atoms with E-state index < -0.39 is 26.5 Å². The van der Waals surface area contributed by atoms with Gasteiger partial charge in [0.15, 0.2) is 6.10 Å². The number of phosphoric acid groups is 1. The van der Waals surface area contributed by atoms with Crippen LogP contribution in [-0.2, 0) is 32.7 Å². The average Bonchev–Trinajstić information content (AvgIpc) is 3.46. The Bertz CT molecular complexity index is 1660. The fraction of sp³-hybridized carbons (Fsp3) is 0.778. The van der Waals surface area contributed by atoms with Gasteiger partial charge in [-0.3, -0.25) is 14.2 Å². The number of carbonyl (C=O) groups excluding carboxylic acids is 2. The Labute approximate surface area is 507 Å². The Hall–Kier alpha value is -2.81. The third-order valence-electron chi connectivity index (χ3n) is 14.9. The summed E-state index contributed by atoms with van der Waals surface area (Å²) in [5, 5.41) is 0. The molecule has 82 heavy (non-hydrogen) atoms. The molecule has 0 aromatic carbocycles. The predicted octanol–water partition coefficient (Wildman–Crippen LogP) is 21.5. The van der Waals surface area contributed by atoms with Gasteiger partial charge in [0.05, 0.1) is 27.7 Å². The molecule has 2 unspecified atom stereocenters. The van der Waals surface area contributed by atoms with Crippen LogP contribution in [0.25, 0.3) is 0 Å². The quantitative estimate of drug-likeness (QED) is 0.0195. The highest BCUT2D eigenvalue weighted by Crippen LogP contribution is 2.38. The number of allylic oxidation sites excluding steroid dienone is 14. The Morgan fingerprint density at radius 1 is 0.390 bits per heavy atom. The van der Waals surface area contributed by atoms with E-state index in [9.17, 15) is 19.0 Å². The van der Waals surface area contributed by atoms with Crippen molar-refractivity contribution < 1.29 is 42.1 Å². The maximum atomic E-state index is 12.9. The number of phosphoric ester groups is 1. The van der Waals surface area contributed by atoms with Crippen LogP contribution in [0.1, 0.15) is 309 Å². The van der Waals surface area contributed by atoms with Gasteiger partial charge in [-0.2, -0.15) is 0 Å². The summed E-state index contributed by atoms with van der Waals surface area (Å²) in [6.07, 6.45) is 85.1. The summed E-state index contributed by atoms with van der Waals surface area (Å²) in [4.78, 5) is 38.1. The summed E-state index contributed by atoms with van der Waals surface area (Å²) >= 11 is 0. The predicted molar refractivity (Wildman–Crippen MR) is 351 cm³/mol. The van der Waals surface area contributed by atoms with E-state index in [2.05, 4.69) is 98.9 Å². The largest absolute Gasteiger partial charge is 0.756 e. The van der Waals surface area contributed by atoms with Gasteiger partial charge < -0.3 is 27.9 Å². The molecular weight excluding hydrogens is 1040 g/mol. The van der Waals surface area contributed by atoms with Crippen LogP contribution in [0.2, 0.25) is 0 Å². The minimum absolute atomic E-state index is 0.0321. The highest BCUT2D eigenvalue weighted by atomic mass is 31.2. The molecular formula is C72H130NO8P. The first-order chi connectivity index (χ1) is 40.0. The van der Waals surface area contributed by atoms with Crippen LogP contribution in [0.5, 0.6) is 0 Å². The van der Waals surface area contributed by atoms with Crippen LogP contribution in [0.15, 0.2) is 85.1 Å². The number of rotatable bonds is 63. The third kappa shape index (κ3) is 66.3. The first-order valence-corrected chi connectivity index (χ1v) is 35.8. The number of hydrogen-bond acceptors (Lipinski definition) is 8. The van der Waals surface area contributed by atoms with Gasteiger partial charge in [-0.05, 0) is 89.9 Å². The topological polar surface area (TPSA) is 111 Å². The number of esters is 2. The van der Waals surface area contributed by atoms with Crippen LogP contribution >= 0.6 is 7.82 Å². The van der Waals surface area contributed by atoms with Crippen molar-refractivity contribution in [2.75, 3.05) is 47.5 Å². The van der Waals surface area contributed by atoms with E-state index in [1.54, 1.807) is 0 Å². The van der Waals surface area contributed by atoms with Crippen molar-refractivity contribution in [2.24, 2.45) is 0 Å². The molecule has 9 nitrogen and oxygen atoms in total. The Kier molecular flexibility index (Phi) is 60.6.